The highest BCUT2D eigenvalue weighted by molar-refractivity contribution is 6.34. The van der Waals surface area contributed by atoms with Crippen molar-refractivity contribution in [2.75, 3.05) is 0 Å². The third kappa shape index (κ3) is 3.37. The monoisotopic (exact) mass is 296 g/mol. The summed E-state index contributed by atoms with van der Waals surface area (Å²) in [6.45, 7) is 5.73. The second kappa shape index (κ2) is 5.76. The Morgan fingerprint density at radius 3 is 2.32 bits per heavy atom. The molecule has 2 aromatic rings. The van der Waals surface area contributed by atoms with Crippen LogP contribution in [-0.4, -0.2) is 16.1 Å². The van der Waals surface area contributed by atoms with E-state index in [0.29, 0.717) is 21.7 Å². The summed E-state index contributed by atoms with van der Waals surface area (Å²) in [7, 11) is 0. The Labute approximate surface area is 122 Å². The normalized spacial score (nSPS) is 10.8. The Morgan fingerprint density at radius 1 is 1.11 bits per heavy atom. The van der Waals surface area contributed by atoms with Gasteiger partial charge in [0.2, 0.25) is 0 Å². The zero-order valence-corrected chi connectivity index (χ0v) is 12.5. The summed E-state index contributed by atoms with van der Waals surface area (Å²) in [4.78, 5) is 8.48. The van der Waals surface area contributed by atoms with Gasteiger partial charge < -0.3 is 4.74 Å². The minimum Gasteiger partial charge on any atom is -0.491 e. The molecule has 0 bridgehead atoms. The molecule has 19 heavy (non-hydrogen) atoms. The molecule has 2 rings (SSSR count). The molecule has 0 saturated heterocycles. The summed E-state index contributed by atoms with van der Waals surface area (Å²) in [5.41, 5.74) is 1.50. The van der Waals surface area contributed by atoms with E-state index in [9.17, 15) is 0 Å². The molecule has 1 aromatic carbocycles. The van der Waals surface area contributed by atoms with Gasteiger partial charge in [0.25, 0.3) is 0 Å². The van der Waals surface area contributed by atoms with E-state index in [2.05, 4.69) is 9.97 Å². The number of aromatic nitrogens is 2. The summed E-state index contributed by atoms with van der Waals surface area (Å²) >= 11 is 12.1. The highest BCUT2D eigenvalue weighted by Gasteiger charge is 2.10. The molecule has 0 aliphatic rings. The topological polar surface area (TPSA) is 35.0 Å². The standard InChI is InChI=1S/C14H14Cl2N2O/c1-8(2)19-11-6-4-5-10(7-11)14-17-12(15)9(3)13(16)18-14/h4-8H,1-3H3. The molecule has 0 amide bonds. The maximum absolute atomic E-state index is 6.03. The Hall–Kier alpha value is -1.32. The lowest BCUT2D eigenvalue weighted by atomic mass is 10.2. The summed E-state index contributed by atoms with van der Waals surface area (Å²) < 4.78 is 5.64. The highest BCUT2D eigenvalue weighted by atomic mass is 35.5. The van der Waals surface area contributed by atoms with Crippen molar-refractivity contribution in [1.29, 1.82) is 0 Å². The van der Waals surface area contributed by atoms with Crippen molar-refractivity contribution in [1.82, 2.24) is 9.97 Å². The van der Waals surface area contributed by atoms with Gasteiger partial charge in [-0.25, -0.2) is 9.97 Å². The molecule has 0 N–H and O–H groups in total. The van der Waals surface area contributed by atoms with Gasteiger partial charge in [0.15, 0.2) is 5.82 Å². The van der Waals surface area contributed by atoms with E-state index in [1.165, 1.54) is 0 Å². The molecule has 1 aromatic heterocycles. The number of hydrogen-bond acceptors (Lipinski definition) is 3. The molecule has 0 fully saturated rings. The lowest BCUT2D eigenvalue weighted by Crippen LogP contribution is -2.05. The number of halogens is 2. The molecule has 1 heterocycles. The van der Waals surface area contributed by atoms with E-state index in [4.69, 9.17) is 27.9 Å². The average Bonchev–Trinajstić information content (AvgIpc) is 2.35. The van der Waals surface area contributed by atoms with Gasteiger partial charge in [-0.3, -0.25) is 0 Å². The van der Waals surface area contributed by atoms with Crippen LogP contribution in [0.25, 0.3) is 11.4 Å². The second-order valence-electron chi connectivity index (χ2n) is 4.45. The van der Waals surface area contributed by atoms with E-state index in [-0.39, 0.29) is 6.10 Å². The molecule has 0 unspecified atom stereocenters. The van der Waals surface area contributed by atoms with Crippen LogP contribution in [0, 0.1) is 6.92 Å². The van der Waals surface area contributed by atoms with Crippen LogP contribution in [0.3, 0.4) is 0 Å². The van der Waals surface area contributed by atoms with Crippen LogP contribution in [0.15, 0.2) is 24.3 Å². The van der Waals surface area contributed by atoms with Gasteiger partial charge in [-0.2, -0.15) is 0 Å². The van der Waals surface area contributed by atoms with Crippen LogP contribution >= 0.6 is 23.2 Å². The van der Waals surface area contributed by atoms with Gasteiger partial charge >= 0.3 is 0 Å². The zero-order chi connectivity index (χ0) is 14.0. The van der Waals surface area contributed by atoms with Crippen molar-refractivity contribution >= 4 is 23.2 Å². The molecule has 0 aliphatic heterocycles. The van der Waals surface area contributed by atoms with Crippen LogP contribution in [0.1, 0.15) is 19.4 Å². The molecule has 3 nitrogen and oxygen atoms in total. The van der Waals surface area contributed by atoms with E-state index >= 15 is 0 Å². The van der Waals surface area contributed by atoms with Crippen LogP contribution in [0.2, 0.25) is 10.3 Å². The first-order chi connectivity index (χ1) is 8.97. The molecular weight excluding hydrogens is 283 g/mol. The number of hydrogen-bond donors (Lipinski definition) is 0. The van der Waals surface area contributed by atoms with Crippen LogP contribution in [-0.2, 0) is 0 Å². The largest absolute Gasteiger partial charge is 0.491 e. The van der Waals surface area contributed by atoms with E-state index in [1.807, 2.05) is 38.1 Å². The predicted molar refractivity (Wildman–Crippen MR) is 78.0 cm³/mol. The van der Waals surface area contributed by atoms with Crippen LogP contribution in [0.5, 0.6) is 5.75 Å². The first kappa shape index (κ1) is 14.1. The lowest BCUT2D eigenvalue weighted by Gasteiger charge is -2.11. The number of nitrogens with zero attached hydrogens (tertiary/aromatic N) is 2. The van der Waals surface area contributed by atoms with Gasteiger partial charge in [0.05, 0.1) is 6.10 Å². The third-order valence-electron chi connectivity index (χ3n) is 2.49. The quantitative estimate of drug-likeness (QED) is 0.780. The van der Waals surface area contributed by atoms with Crippen LogP contribution < -0.4 is 4.74 Å². The number of benzene rings is 1. The highest BCUT2D eigenvalue weighted by Crippen LogP contribution is 2.27. The summed E-state index contributed by atoms with van der Waals surface area (Å²) in [5, 5.41) is 0.732. The zero-order valence-electron chi connectivity index (χ0n) is 10.9. The van der Waals surface area contributed by atoms with Gasteiger partial charge in [-0.05, 0) is 32.9 Å². The first-order valence-corrected chi connectivity index (χ1v) is 6.69. The van der Waals surface area contributed by atoms with Crippen molar-refractivity contribution < 1.29 is 4.74 Å². The Balaban J connectivity index is 2.41. The molecular formula is C14H14Cl2N2O. The van der Waals surface area contributed by atoms with Gasteiger partial charge in [0.1, 0.15) is 16.1 Å². The summed E-state index contributed by atoms with van der Waals surface area (Å²) in [6, 6.07) is 7.54. The van der Waals surface area contributed by atoms with Crippen molar-refractivity contribution in [3.8, 4) is 17.1 Å². The minimum atomic E-state index is 0.112. The summed E-state index contributed by atoms with van der Waals surface area (Å²) in [6.07, 6.45) is 0.112. The van der Waals surface area contributed by atoms with Gasteiger partial charge in [0, 0.05) is 11.1 Å². The van der Waals surface area contributed by atoms with Gasteiger partial charge in [-0.15, -0.1) is 0 Å². The lowest BCUT2D eigenvalue weighted by molar-refractivity contribution is 0.242. The first-order valence-electron chi connectivity index (χ1n) is 5.94. The van der Waals surface area contributed by atoms with E-state index in [0.717, 1.165) is 11.3 Å². The number of ether oxygens (including phenoxy) is 1. The molecule has 0 aliphatic carbocycles. The molecule has 0 spiro atoms. The SMILES string of the molecule is Cc1c(Cl)nc(-c2cccc(OC(C)C)c2)nc1Cl. The van der Waals surface area contributed by atoms with Crippen molar-refractivity contribution in [2.45, 2.75) is 26.9 Å². The third-order valence-corrected chi connectivity index (χ3v) is 3.23. The Bertz CT molecular complexity index is 577. The molecule has 0 saturated carbocycles. The fourth-order valence-electron chi connectivity index (χ4n) is 1.57. The summed E-state index contributed by atoms with van der Waals surface area (Å²) in [5.74, 6) is 1.26. The van der Waals surface area contributed by atoms with Crippen LogP contribution in [0.4, 0.5) is 0 Å². The molecule has 100 valence electrons. The maximum Gasteiger partial charge on any atom is 0.162 e. The number of rotatable bonds is 3. The van der Waals surface area contributed by atoms with Gasteiger partial charge in [-0.1, -0.05) is 35.3 Å². The second-order valence-corrected chi connectivity index (χ2v) is 5.16. The molecule has 5 heteroatoms. The minimum absolute atomic E-state index is 0.112. The predicted octanol–water partition coefficient (Wildman–Crippen LogP) is 4.55. The van der Waals surface area contributed by atoms with Crippen molar-refractivity contribution in [3.63, 3.8) is 0 Å². The molecule has 0 radical (unpaired) electrons. The van der Waals surface area contributed by atoms with Crippen molar-refractivity contribution in [2.24, 2.45) is 0 Å². The Morgan fingerprint density at radius 2 is 1.74 bits per heavy atom. The molecule has 0 atom stereocenters. The average molecular weight is 297 g/mol. The maximum atomic E-state index is 6.03. The fourth-order valence-corrected chi connectivity index (χ4v) is 1.96. The fraction of sp³-hybridized carbons (Fsp3) is 0.286. The Kier molecular flexibility index (Phi) is 4.27. The van der Waals surface area contributed by atoms with E-state index in [1.54, 1.807) is 6.92 Å². The van der Waals surface area contributed by atoms with E-state index < -0.39 is 0 Å². The van der Waals surface area contributed by atoms with Crippen molar-refractivity contribution in [3.05, 3.63) is 40.1 Å². The smallest absolute Gasteiger partial charge is 0.162 e.